The maximum Gasteiger partial charge on any atom is 0.320 e. The zero-order valence-electron chi connectivity index (χ0n) is 16.8. The van der Waals surface area contributed by atoms with E-state index in [1.165, 1.54) is 0 Å². The highest BCUT2D eigenvalue weighted by Crippen LogP contribution is 2.25. The van der Waals surface area contributed by atoms with Gasteiger partial charge in [-0.2, -0.15) is 5.26 Å². The maximum atomic E-state index is 12.7. The minimum atomic E-state index is -0.226. The Kier molecular flexibility index (Phi) is 6.33. The third-order valence-electron chi connectivity index (χ3n) is 5.20. The molecule has 26 heavy (non-hydrogen) atoms. The lowest BCUT2D eigenvalue weighted by molar-refractivity contribution is -0.128. The highest BCUT2D eigenvalue weighted by Gasteiger charge is 2.33. The quantitative estimate of drug-likeness (QED) is 0.562. The van der Waals surface area contributed by atoms with Crippen molar-refractivity contribution in [3.63, 3.8) is 0 Å². The number of rotatable bonds is 2. The van der Waals surface area contributed by atoms with Crippen molar-refractivity contribution in [2.24, 2.45) is 17.3 Å². The van der Waals surface area contributed by atoms with E-state index in [9.17, 15) is 14.9 Å². The van der Waals surface area contributed by atoms with E-state index in [2.05, 4.69) is 13.8 Å². The standard InChI is InChI=1S/C20H32N4O2/c1-15(2)16-6-7-24(14-16)19(26)23-10-8-22(9-11-23)18(25)17(13-21)12-20(3,4)5/h12,15-16H,6-11,14H2,1-5H3/b17-12+. The van der Waals surface area contributed by atoms with Crippen LogP contribution in [0.5, 0.6) is 0 Å². The number of nitriles is 1. The van der Waals surface area contributed by atoms with E-state index in [4.69, 9.17) is 0 Å². The molecule has 2 fully saturated rings. The molecule has 2 rings (SSSR count). The first-order chi connectivity index (χ1) is 12.1. The zero-order chi connectivity index (χ0) is 19.5. The van der Waals surface area contributed by atoms with Gasteiger partial charge in [0.15, 0.2) is 0 Å². The number of nitrogens with zero attached hydrogens (tertiary/aromatic N) is 4. The van der Waals surface area contributed by atoms with E-state index in [1.807, 2.05) is 36.6 Å². The lowest BCUT2D eigenvalue weighted by Gasteiger charge is -2.36. The Hall–Kier alpha value is -2.03. The fourth-order valence-electron chi connectivity index (χ4n) is 3.55. The Morgan fingerprint density at radius 1 is 1.04 bits per heavy atom. The zero-order valence-corrected chi connectivity index (χ0v) is 16.8. The molecule has 0 bridgehead atoms. The van der Waals surface area contributed by atoms with Gasteiger partial charge in [0.05, 0.1) is 0 Å². The third-order valence-corrected chi connectivity index (χ3v) is 5.20. The maximum absolute atomic E-state index is 12.7. The number of likely N-dealkylation sites (tertiary alicyclic amines) is 1. The van der Waals surface area contributed by atoms with Crippen LogP contribution in [0.1, 0.15) is 41.0 Å². The van der Waals surface area contributed by atoms with Gasteiger partial charge in [0.1, 0.15) is 11.6 Å². The molecule has 2 aliphatic rings. The highest BCUT2D eigenvalue weighted by atomic mass is 16.2. The molecular formula is C20H32N4O2. The molecular weight excluding hydrogens is 328 g/mol. The number of urea groups is 1. The molecule has 0 radical (unpaired) electrons. The highest BCUT2D eigenvalue weighted by molar-refractivity contribution is 5.97. The summed E-state index contributed by atoms with van der Waals surface area (Å²) in [6.07, 6.45) is 2.80. The third kappa shape index (κ3) is 5.00. The molecule has 0 N–H and O–H groups in total. The SMILES string of the molecule is CC(C)C1CCN(C(=O)N2CCN(C(=O)/C(C#N)=C/C(C)(C)C)CC2)C1. The summed E-state index contributed by atoms with van der Waals surface area (Å²) in [4.78, 5) is 30.8. The topological polar surface area (TPSA) is 67.7 Å². The summed E-state index contributed by atoms with van der Waals surface area (Å²) in [7, 11) is 0. The van der Waals surface area contributed by atoms with Crippen molar-refractivity contribution < 1.29 is 9.59 Å². The predicted octanol–water partition coefficient (Wildman–Crippen LogP) is 2.72. The van der Waals surface area contributed by atoms with Crippen molar-refractivity contribution in [2.45, 2.75) is 41.0 Å². The summed E-state index contributed by atoms with van der Waals surface area (Å²) in [5.74, 6) is 0.958. The number of hydrogen-bond acceptors (Lipinski definition) is 3. The van der Waals surface area contributed by atoms with Gasteiger partial charge in [0.2, 0.25) is 0 Å². The average Bonchev–Trinajstić information content (AvgIpc) is 3.08. The Morgan fingerprint density at radius 2 is 1.62 bits per heavy atom. The van der Waals surface area contributed by atoms with Crippen molar-refractivity contribution in [3.05, 3.63) is 11.6 Å². The van der Waals surface area contributed by atoms with Gasteiger partial charge in [0.25, 0.3) is 5.91 Å². The van der Waals surface area contributed by atoms with Crippen LogP contribution in [0.3, 0.4) is 0 Å². The minimum Gasteiger partial charge on any atom is -0.334 e. The Balaban J connectivity index is 1.91. The van der Waals surface area contributed by atoms with E-state index in [1.54, 1.807) is 11.0 Å². The normalized spacial score (nSPS) is 22.0. The molecule has 0 aromatic heterocycles. The molecule has 0 saturated carbocycles. The lowest BCUT2D eigenvalue weighted by atomic mass is 9.93. The van der Waals surface area contributed by atoms with Crippen molar-refractivity contribution in [2.75, 3.05) is 39.3 Å². The molecule has 0 spiro atoms. The van der Waals surface area contributed by atoms with Gasteiger partial charge >= 0.3 is 6.03 Å². The fourth-order valence-corrected chi connectivity index (χ4v) is 3.55. The van der Waals surface area contributed by atoms with Crippen LogP contribution in [-0.4, -0.2) is 65.9 Å². The summed E-state index contributed by atoms with van der Waals surface area (Å²) >= 11 is 0. The second-order valence-corrected chi connectivity index (χ2v) is 8.84. The number of carbonyl (C=O) groups is 2. The first kappa shape index (κ1) is 20.3. The predicted molar refractivity (Wildman–Crippen MR) is 101 cm³/mol. The second kappa shape index (κ2) is 8.11. The first-order valence-electron chi connectivity index (χ1n) is 9.58. The van der Waals surface area contributed by atoms with Gasteiger partial charge in [-0.25, -0.2) is 4.79 Å². The van der Waals surface area contributed by atoms with Crippen LogP contribution in [0.25, 0.3) is 0 Å². The molecule has 0 aromatic rings. The lowest BCUT2D eigenvalue weighted by Crippen LogP contribution is -2.54. The van der Waals surface area contributed by atoms with Gasteiger partial charge in [0, 0.05) is 39.3 Å². The molecule has 0 aliphatic carbocycles. The van der Waals surface area contributed by atoms with E-state index >= 15 is 0 Å². The molecule has 2 aliphatic heterocycles. The van der Waals surface area contributed by atoms with E-state index in [0.717, 1.165) is 19.5 Å². The van der Waals surface area contributed by atoms with Crippen LogP contribution in [0.15, 0.2) is 11.6 Å². The van der Waals surface area contributed by atoms with E-state index in [0.29, 0.717) is 38.0 Å². The van der Waals surface area contributed by atoms with Gasteiger partial charge in [-0.15, -0.1) is 0 Å². The van der Waals surface area contributed by atoms with Crippen LogP contribution in [-0.2, 0) is 4.79 Å². The molecule has 144 valence electrons. The minimum absolute atomic E-state index is 0.0889. The summed E-state index contributed by atoms with van der Waals surface area (Å²) in [6, 6.07) is 2.12. The Morgan fingerprint density at radius 3 is 2.08 bits per heavy atom. The Labute approximate surface area is 157 Å². The summed E-state index contributed by atoms with van der Waals surface area (Å²) in [5, 5.41) is 9.31. The molecule has 3 amide bonds. The number of hydrogen-bond donors (Lipinski definition) is 0. The van der Waals surface area contributed by atoms with Crippen LogP contribution in [0.2, 0.25) is 0 Å². The molecule has 6 nitrogen and oxygen atoms in total. The molecule has 1 unspecified atom stereocenters. The van der Waals surface area contributed by atoms with Gasteiger partial charge in [-0.05, 0) is 23.7 Å². The van der Waals surface area contributed by atoms with Crippen molar-refractivity contribution in [1.29, 1.82) is 5.26 Å². The van der Waals surface area contributed by atoms with Crippen LogP contribution < -0.4 is 0 Å². The van der Waals surface area contributed by atoms with Crippen molar-refractivity contribution >= 4 is 11.9 Å². The van der Waals surface area contributed by atoms with Crippen molar-refractivity contribution in [3.8, 4) is 6.07 Å². The summed E-state index contributed by atoms with van der Waals surface area (Å²) < 4.78 is 0. The second-order valence-electron chi connectivity index (χ2n) is 8.84. The van der Waals surface area contributed by atoms with Crippen molar-refractivity contribution in [1.82, 2.24) is 14.7 Å². The molecule has 0 aromatic carbocycles. The van der Waals surface area contributed by atoms with E-state index in [-0.39, 0.29) is 22.9 Å². The number of amides is 3. The molecule has 1 atom stereocenters. The van der Waals surface area contributed by atoms with Gasteiger partial charge in [-0.1, -0.05) is 40.7 Å². The molecule has 2 saturated heterocycles. The largest absolute Gasteiger partial charge is 0.334 e. The van der Waals surface area contributed by atoms with Crippen LogP contribution >= 0.6 is 0 Å². The fraction of sp³-hybridized carbons (Fsp3) is 0.750. The number of carbonyl (C=O) groups excluding carboxylic acids is 2. The molecule has 2 heterocycles. The number of piperazine rings is 1. The first-order valence-corrected chi connectivity index (χ1v) is 9.58. The van der Waals surface area contributed by atoms with Crippen LogP contribution in [0.4, 0.5) is 4.79 Å². The smallest absolute Gasteiger partial charge is 0.320 e. The number of allylic oxidation sites excluding steroid dienone is 1. The molecule has 6 heteroatoms. The Bertz CT molecular complexity index is 604. The van der Waals surface area contributed by atoms with Gasteiger partial charge < -0.3 is 14.7 Å². The average molecular weight is 361 g/mol. The van der Waals surface area contributed by atoms with Gasteiger partial charge in [-0.3, -0.25) is 4.79 Å². The van der Waals surface area contributed by atoms with E-state index < -0.39 is 0 Å². The summed E-state index contributed by atoms with van der Waals surface area (Å²) in [5.41, 5.74) is -0.0297. The summed E-state index contributed by atoms with van der Waals surface area (Å²) in [6.45, 7) is 14.0. The monoisotopic (exact) mass is 360 g/mol. The van der Waals surface area contributed by atoms with Crippen LogP contribution in [0, 0.1) is 28.6 Å².